The van der Waals surface area contributed by atoms with Crippen molar-refractivity contribution in [2.75, 3.05) is 33.4 Å². The fourth-order valence-corrected chi connectivity index (χ4v) is 1.36. The molecule has 0 aromatic heterocycles. The topological polar surface area (TPSA) is 49.8 Å². The van der Waals surface area contributed by atoms with Gasteiger partial charge in [0.2, 0.25) is 5.91 Å². The average Bonchev–Trinajstić information content (AvgIpc) is 2.29. The third-order valence-corrected chi connectivity index (χ3v) is 2.39. The van der Waals surface area contributed by atoms with E-state index >= 15 is 0 Å². The minimum absolute atomic E-state index is 0.139. The molecular weight excluding hydrogens is 206 g/mol. The molecule has 1 N–H and O–H groups in total. The number of ether oxygens (including phenoxy) is 1. The van der Waals surface area contributed by atoms with Crippen LogP contribution >= 0.6 is 0 Å². The minimum Gasteiger partial charge on any atom is -0.396 e. The monoisotopic (exact) mass is 231 g/mol. The number of aliphatic hydroxyl groups is 1. The largest absolute Gasteiger partial charge is 0.396 e. The van der Waals surface area contributed by atoms with Gasteiger partial charge >= 0.3 is 0 Å². The molecule has 0 fully saturated rings. The first-order chi connectivity index (χ1) is 7.72. The molecule has 96 valence electrons. The third-order valence-electron chi connectivity index (χ3n) is 2.39. The fraction of sp³-hybridized carbons (Fsp3) is 0.917. The lowest BCUT2D eigenvalue weighted by molar-refractivity contribution is -0.131. The Labute approximate surface area is 98.6 Å². The van der Waals surface area contributed by atoms with E-state index in [1.807, 2.05) is 7.05 Å². The van der Waals surface area contributed by atoms with Crippen molar-refractivity contribution in [3.05, 3.63) is 0 Å². The van der Waals surface area contributed by atoms with Crippen molar-refractivity contribution in [2.24, 2.45) is 0 Å². The van der Waals surface area contributed by atoms with Gasteiger partial charge in [0.25, 0.3) is 0 Å². The fourth-order valence-electron chi connectivity index (χ4n) is 1.36. The normalized spacial score (nSPS) is 10.4. The molecule has 0 aliphatic heterocycles. The van der Waals surface area contributed by atoms with Crippen molar-refractivity contribution >= 4 is 5.91 Å². The van der Waals surface area contributed by atoms with Crippen molar-refractivity contribution in [1.82, 2.24) is 4.90 Å². The van der Waals surface area contributed by atoms with E-state index in [0.717, 1.165) is 38.8 Å². The van der Waals surface area contributed by atoms with Crippen molar-refractivity contribution in [3.63, 3.8) is 0 Å². The van der Waals surface area contributed by atoms with E-state index in [0.29, 0.717) is 13.0 Å². The van der Waals surface area contributed by atoms with E-state index in [-0.39, 0.29) is 12.5 Å². The molecule has 4 nitrogen and oxygen atoms in total. The standard InChI is InChI=1S/C12H25NO3/c1-3-10-16-11-7-12(15)13(2)8-5-4-6-9-14/h14H,3-11H2,1-2H3. The van der Waals surface area contributed by atoms with Crippen LogP contribution in [0.1, 0.15) is 39.0 Å². The Balaban J connectivity index is 3.42. The Morgan fingerprint density at radius 3 is 2.62 bits per heavy atom. The molecule has 0 aromatic rings. The third kappa shape index (κ3) is 8.68. The van der Waals surface area contributed by atoms with Gasteiger partial charge in [-0.2, -0.15) is 0 Å². The molecule has 1 amide bonds. The highest BCUT2D eigenvalue weighted by Crippen LogP contribution is 1.99. The van der Waals surface area contributed by atoms with Crippen LogP contribution in [0.15, 0.2) is 0 Å². The van der Waals surface area contributed by atoms with Gasteiger partial charge in [0.05, 0.1) is 13.0 Å². The Morgan fingerprint density at radius 2 is 2.00 bits per heavy atom. The van der Waals surface area contributed by atoms with Crippen LogP contribution < -0.4 is 0 Å². The summed E-state index contributed by atoms with van der Waals surface area (Å²) in [7, 11) is 1.82. The van der Waals surface area contributed by atoms with E-state index in [2.05, 4.69) is 6.92 Å². The van der Waals surface area contributed by atoms with Crippen molar-refractivity contribution in [1.29, 1.82) is 0 Å². The van der Waals surface area contributed by atoms with Crippen LogP contribution in [0.2, 0.25) is 0 Å². The number of hydrogen-bond donors (Lipinski definition) is 1. The molecular formula is C12H25NO3. The molecule has 0 unspecified atom stereocenters. The molecule has 16 heavy (non-hydrogen) atoms. The zero-order chi connectivity index (χ0) is 12.2. The second-order valence-electron chi connectivity index (χ2n) is 3.96. The lowest BCUT2D eigenvalue weighted by atomic mass is 10.2. The van der Waals surface area contributed by atoms with Gasteiger partial charge < -0.3 is 14.7 Å². The summed E-state index contributed by atoms with van der Waals surface area (Å²) in [5, 5.41) is 8.61. The number of unbranched alkanes of at least 4 members (excludes halogenated alkanes) is 2. The van der Waals surface area contributed by atoms with Gasteiger partial charge in [-0.15, -0.1) is 0 Å². The Kier molecular flexibility index (Phi) is 10.5. The SMILES string of the molecule is CCCOCCC(=O)N(C)CCCCCO. The molecule has 0 spiro atoms. The van der Waals surface area contributed by atoms with Crippen molar-refractivity contribution in [3.8, 4) is 0 Å². The maximum atomic E-state index is 11.6. The number of rotatable bonds is 10. The van der Waals surface area contributed by atoms with Crippen LogP contribution in [0.3, 0.4) is 0 Å². The van der Waals surface area contributed by atoms with E-state index in [4.69, 9.17) is 9.84 Å². The molecule has 0 rings (SSSR count). The second kappa shape index (κ2) is 10.9. The van der Waals surface area contributed by atoms with E-state index in [9.17, 15) is 4.79 Å². The molecule has 0 radical (unpaired) electrons. The first-order valence-electron chi connectivity index (χ1n) is 6.15. The number of carbonyl (C=O) groups excluding carboxylic acids is 1. The predicted molar refractivity (Wildman–Crippen MR) is 64.3 cm³/mol. The number of hydrogen-bond acceptors (Lipinski definition) is 3. The Bertz CT molecular complexity index is 174. The minimum atomic E-state index is 0.139. The number of carbonyl (C=O) groups is 1. The van der Waals surface area contributed by atoms with Crippen LogP contribution in [-0.2, 0) is 9.53 Å². The summed E-state index contributed by atoms with van der Waals surface area (Å²) in [5.74, 6) is 0.139. The number of aliphatic hydroxyl groups excluding tert-OH is 1. The summed E-state index contributed by atoms with van der Waals surface area (Å²) in [6, 6.07) is 0. The van der Waals surface area contributed by atoms with E-state index in [1.165, 1.54) is 0 Å². The molecule has 4 heteroatoms. The average molecular weight is 231 g/mol. The van der Waals surface area contributed by atoms with Gasteiger partial charge in [-0.25, -0.2) is 0 Å². The van der Waals surface area contributed by atoms with Gasteiger partial charge in [-0.1, -0.05) is 6.92 Å². The van der Waals surface area contributed by atoms with Crippen LogP contribution in [0.4, 0.5) is 0 Å². The number of amides is 1. The molecule has 0 aliphatic carbocycles. The summed E-state index contributed by atoms with van der Waals surface area (Å²) >= 11 is 0. The zero-order valence-electron chi connectivity index (χ0n) is 10.6. The van der Waals surface area contributed by atoms with Gasteiger partial charge in [0.1, 0.15) is 0 Å². The molecule has 0 saturated heterocycles. The zero-order valence-corrected chi connectivity index (χ0v) is 10.6. The Morgan fingerprint density at radius 1 is 1.25 bits per heavy atom. The maximum Gasteiger partial charge on any atom is 0.224 e. The summed E-state index contributed by atoms with van der Waals surface area (Å²) in [5.41, 5.74) is 0. The number of nitrogens with zero attached hydrogens (tertiary/aromatic N) is 1. The molecule has 0 bridgehead atoms. The first-order valence-corrected chi connectivity index (χ1v) is 6.15. The van der Waals surface area contributed by atoms with Crippen molar-refractivity contribution in [2.45, 2.75) is 39.0 Å². The van der Waals surface area contributed by atoms with Crippen LogP contribution in [0, 0.1) is 0 Å². The van der Waals surface area contributed by atoms with Gasteiger partial charge in [0, 0.05) is 26.8 Å². The highest BCUT2D eigenvalue weighted by molar-refractivity contribution is 5.75. The van der Waals surface area contributed by atoms with Crippen molar-refractivity contribution < 1.29 is 14.6 Å². The summed E-state index contributed by atoms with van der Waals surface area (Å²) < 4.78 is 5.27. The van der Waals surface area contributed by atoms with Gasteiger partial charge in [-0.3, -0.25) is 4.79 Å². The summed E-state index contributed by atoms with van der Waals surface area (Å²) in [6.45, 7) is 4.31. The predicted octanol–water partition coefficient (Wildman–Crippen LogP) is 1.42. The molecule has 0 aliphatic rings. The second-order valence-corrected chi connectivity index (χ2v) is 3.96. The van der Waals surface area contributed by atoms with Crippen LogP contribution in [0.25, 0.3) is 0 Å². The smallest absolute Gasteiger partial charge is 0.224 e. The van der Waals surface area contributed by atoms with E-state index < -0.39 is 0 Å². The molecule has 0 aromatic carbocycles. The lowest BCUT2D eigenvalue weighted by Gasteiger charge is -2.16. The lowest BCUT2D eigenvalue weighted by Crippen LogP contribution is -2.28. The van der Waals surface area contributed by atoms with Gasteiger partial charge in [0.15, 0.2) is 0 Å². The summed E-state index contributed by atoms with van der Waals surface area (Å²) in [4.78, 5) is 13.3. The highest BCUT2D eigenvalue weighted by Gasteiger charge is 2.07. The molecule has 0 saturated carbocycles. The quantitative estimate of drug-likeness (QED) is 0.579. The maximum absolute atomic E-state index is 11.6. The first kappa shape index (κ1) is 15.4. The van der Waals surface area contributed by atoms with Gasteiger partial charge in [-0.05, 0) is 25.7 Å². The van der Waals surface area contributed by atoms with Crippen LogP contribution in [0.5, 0.6) is 0 Å². The molecule has 0 heterocycles. The molecule has 0 atom stereocenters. The Hall–Kier alpha value is -0.610. The summed E-state index contributed by atoms with van der Waals surface area (Å²) in [6.07, 6.45) is 4.21. The highest BCUT2D eigenvalue weighted by atomic mass is 16.5. The van der Waals surface area contributed by atoms with Crippen LogP contribution in [-0.4, -0.2) is 49.3 Å². The van der Waals surface area contributed by atoms with E-state index in [1.54, 1.807) is 4.90 Å².